The molecule has 0 saturated carbocycles. The molecule has 0 bridgehead atoms. The Morgan fingerprint density at radius 1 is 1.04 bits per heavy atom. The molecule has 0 aliphatic carbocycles. The summed E-state index contributed by atoms with van der Waals surface area (Å²) >= 11 is 0. The van der Waals surface area contributed by atoms with Crippen molar-refractivity contribution in [3.63, 3.8) is 0 Å². The highest BCUT2D eigenvalue weighted by Crippen LogP contribution is 2.31. The smallest absolute Gasteiger partial charge is 0.0726 e. The molecule has 2 aromatic rings. The van der Waals surface area contributed by atoms with Gasteiger partial charge >= 0.3 is 0 Å². The first kappa shape index (κ1) is 15.9. The third-order valence-electron chi connectivity index (χ3n) is 5.62. The number of benzene rings is 1. The lowest BCUT2D eigenvalue weighted by atomic mass is 10.0. The van der Waals surface area contributed by atoms with E-state index in [0.29, 0.717) is 12.1 Å². The van der Waals surface area contributed by atoms with Crippen LogP contribution in [0.4, 0.5) is 5.69 Å². The zero-order valence-corrected chi connectivity index (χ0v) is 15.1. The molecule has 0 amide bonds. The van der Waals surface area contributed by atoms with E-state index in [2.05, 4.69) is 70.8 Å². The van der Waals surface area contributed by atoms with Crippen LogP contribution in [-0.4, -0.2) is 66.1 Å². The van der Waals surface area contributed by atoms with Crippen LogP contribution < -0.4 is 4.90 Å². The van der Waals surface area contributed by atoms with E-state index in [9.17, 15) is 0 Å². The van der Waals surface area contributed by atoms with Gasteiger partial charge in [-0.05, 0) is 32.9 Å². The molecular weight excluding hydrogens is 296 g/mol. The van der Waals surface area contributed by atoms with Gasteiger partial charge in [0.2, 0.25) is 0 Å². The minimum absolute atomic E-state index is 0.677. The number of aromatic nitrogens is 1. The van der Waals surface area contributed by atoms with Crippen LogP contribution in [0, 0.1) is 6.92 Å². The maximum absolute atomic E-state index is 4.67. The van der Waals surface area contributed by atoms with E-state index in [4.69, 9.17) is 0 Å². The summed E-state index contributed by atoms with van der Waals surface area (Å²) in [6.07, 6.45) is 0. The Bertz CT molecular complexity index is 713. The number of fused-ring (bicyclic) bond motifs is 1. The van der Waals surface area contributed by atoms with Crippen molar-refractivity contribution in [1.82, 2.24) is 14.8 Å². The van der Waals surface area contributed by atoms with Gasteiger partial charge in [-0.3, -0.25) is 14.8 Å². The lowest BCUT2D eigenvalue weighted by Gasteiger charge is -2.49. The fraction of sp³-hybridized carbons (Fsp3) is 0.550. The lowest BCUT2D eigenvalue weighted by Crippen LogP contribution is -2.63. The summed E-state index contributed by atoms with van der Waals surface area (Å²) in [6, 6.07) is 12.1. The monoisotopic (exact) mass is 324 g/mol. The van der Waals surface area contributed by atoms with Crippen LogP contribution in [0.3, 0.4) is 0 Å². The van der Waals surface area contributed by atoms with Gasteiger partial charge in [0, 0.05) is 68.1 Å². The van der Waals surface area contributed by atoms with Crippen LogP contribution in [0.5, 0.6) is 0 Å². The molecule has 4 rings (SSSR count). The number of aryl methyl sites for hydroxylation is 1. The second-order valence-corrected chi connectivity index (χ2v) is 7.52. The predicted molar refractivity (Wildman–Crippen MR) is 101 cm³/mol. The molecule has 3 heterocycles. The molecule has 24 heavy (non-hydrogen) atoms. The van der Waals surface area contributed by atoms with Crippen LogP contribution in [0.1, 0.15) is 19.5 Å². The van der Waals surface area contributed by atoms with Crippen molar-refractivity contribution in [3.05, 3.63) is 36.0 Å². The number of hydrogen-bond acceptors (Lipinski definition) is 4. The first-order valence-corrected chi connectivity index (χ1v) is 9.21. The molecule has 2 aliphatic rings. The Labute approximate surface area is 145 Å². The Hall–Kier alpha value is -1.65. The Morgan fingerprint density at radius 2 is 1.75 bits per heavy atom. The average molecular weight is 324 g/mol. The minimum Gasteiger partial charge on any atom is -0.368 e. The Morgan fingerprint density at radius 3 is 2.46 bits per heavy atom. The largest absolute Gasteiger partial charge is 0.368 e. The molecule has 0 radical (unpaired) electrons. The van der Waals surface area contributed by atoms with Crippen molar-refractivity contribution in [2.45, 2.75) is 32.9 Å². The standard InChI is InChI=1S/C20H28N4/c1-15(2)22-8-10-23(11-9-22)17-13-24(14-17)20-12-16(3)21-19-7-5-4-6-18(19)20/h4-7,12,15,17H,8-11,13-14H2,1-3H3. The van der Waals surface area contributed by atoms with E-state index in [1.165, 1.54) is 37.3 Å². The molecule has 4 nitrogen and oxygen atoms in total. The maximum atomic E-state index is 4.67. The number of piperazine rings is 1. The Kier molecular flexibility index (Phi) is 4.19. The molecule has 0 N–H and O–H groups in total. The zero-order valence-electron chi connectivity index (χ0n) is 15.1. The van der Waals surface area contributed by atoms with E-state index in [-0.39, 0.29) is 0 Å². The fourth-order valence-corrected chi connectivity index (χ4v) is 4.05. The van der Waals surface area contributed by atoms with Crippen LogP contribution in [0.2, 0.25) is 0 Å². The van der Waals surface area contributed by atoms with Crippen LogP contribution >= 0.6 is 0 Å². The van der Waals surface area contributed by atoms with Gasteiger partial charge in [-0.15, -0.1) is 0 Å². The molecule has 4 heteroatoms. The van der Waals surface area contributed by atoms with Crippen molar-refractivity contribution in [3.8, 4) is 0 Å². The van der Waals surface area contributed by atoms with Crippen LogP contribution in [0.15, 0.2) is 30.3 Å². The number of para-hydroxylation sites is 1. The minimum atomic E-state index is 0.677. The van der Waals surface area contributed by atoms with Crippen LogP contribution in [-0.2, 0) is 0 Å². The van der Waals surface area contributed by atoms with E-state index < -0.39 is 0 Å². The molecule has 0 atom stereocenters. The molecule has 1 aromatic heterocycles. The number of pyridine rings is 1. The molecule has 2 saturated heterocycles. The third kappa shape index (κ3) is 2.89. The number of nitrogens with zero attached hydrogens (tertiary/aromatic N) is 4. The molecule has 1 aromatic carbocycles. The van der Waals surface area contributed by atoms with Crippen molar-refractivity contribution < 1.29 is 0 Å². The normalized spacial score (nSPS) is 20.8. The highest BCUT2D eigenvalue weighted by Gasteiger charge is 2.34. The zero-order chi connectivity index (χ0) is 16.7. The summed E-state index contributed by atoms with van der Waals surface area (Å²) < 4.78 is 0. The van der Waals surface area contributed by atoms with Gasteiger partial charge in [0.05, 0.1) is 5.52 Å². The van der Waals surface area contributed by atoms with Crippen molar-refractivity contribution in [2.24, 2.45) is 0 Å². The molecule has 2 fully saturated rings. The summed E-state index contributed by atoms with van der Waals surface area (Å²) in [5.41, 5.74) is 3.58. The summed E-state index contributed by atoms with van der Waals surface area (Å²) in [6.45, 7) is 13.9. The molecule has 2 aliphatic heterocycles. The van der Waals surface area contributed by atoms with Gasteiger partial charge in [-0.1, -0.05) is 18.2 Å². The average Bonchev–Trinajstić information content (AvgIpc) is 2.53. The number of rotatable bonds is 3. The molecule has 0 spiro atoms. The van der Waals surface area contributed by atoms with E-state index in [1.54, 1.807) is 0 Å². The Balaban J connectivity index is 1.43. The predicted octanol–water partition coefficient (Wildman–Crippen LogP) is 2.76. The highest BCUT2D eigenvalue weighted by atomic mass is 15.4. The third-order valence-corrected chi connectivity index (χ3v) is 5.62. The number of anilines is 1. The highest BCUT2D eigenvalue weighted by molar-refractivity contribution is 5.92. The summed E-state index contributed by atoms with van der Waals surface area (Å²) in [7, 11) is 0. The quantitative estimate of drug-likeness (QED) is 0.866. The van der Waals surface area contributed by atoms with Gasteiger partial charge in [0.25, 0.3) is 0 Å². The van der Waals surface area contributed by atoms with Gasteiger partial charge in [-0.2, -0.15) is 0 Å². The number of hydrogen-bond donors (Lipinski definition) is 0. The summed E-state index contributed by atoms with van der Waals surface area (Å²) in [5.74, 6) is 0. The second kappa shape index (κ2) is 6.34. The van der Waals surface area contributed by atoms with Crippen molar-refractivity contribution in [1.29, 1.82) is 0 Å². The molecule has 0 unspecified atom stereocenters. The van der Waals surface area contributed by atoms with Gasteiger partial charge in [0.15, 0.2) is 0 Å². The van der Waals surface area contributed by atoms with E-state index in [1.807, 2.05) is 0 Å². The SMILES string of the molecule is Cc1cc(N2CC(N3CCN(C(C)C)CC3)C2)c2ccccc2n1. The molecular formula is C20H28N4. The molecule has 128 valence electrons. The van der Waals surface area contributed by atoms with E-state index in [0.717, 1.165) is 24.3 Å². The lowest BCUT2D eigenvalue weighted by molar-refractivity contribution is 0.0679. The maximum Gasteiger partial charge on any atom is 0.0726 e. The van der Waals surface area contributed by atoms with Crippen molar-refractivity contribution >= 4 is 16.6 Å². The van der Waals surface area contributed by atoms with Gasteiger partial charge < -0.3 is 4.90 Å². The van der Waals surface area contributed by atoms with Crippen molar-refractivity contribution in [2.75, 3.05) is 44.2 Å². The fourth-order valence-electron chi connectivity index (χ4n) is 4.05. The van der Waals surface area contributed by atoms with Crippen LogP contribution in [0.25, 0.3) is 10.9 Å². The topological polar surface area (TPSA) is 22.6 Å². The summed E-state index contributed by atoms with van der Waals surface area (Å²) in [4.78, 5) is 12.5. The summed E-state index contributed by atoms with van der Waals surface area (Å²) in [5, 5.41) is 1.28. The van der Waals surface area contributed by atoms with E-state index >= 15 is 0 Å². The van der Waals surface area contributed by atoms with Gasteiger partial charge in [0.1, 0.15) is 0 Å². The second-order valence-electron chi connectivity index (χ2n) is 7.52. The van der Waals surface area contributed by atoms with Gasteiger partial charge in [-0.25, -0.2) is 0 Å². The first-order chi connectivity index (χ1) is 11.6. The first-order valence-electron chi connectivity index (χ1n) is 9.21.